The molecule has 0 atom stereocenters. The van der Waals surface area contributed by atoms with Gasteiger partial charge in [-0.25, -0.2) is 0 Å². The number of carbonyl (C=O) groups is 2. The summed E-state index contributed by atoms with van der Waals surface area (Å²) in [5.74, 6) is -1.08. The van der Waals surface area contributed by atoms with Gasteiger partial charge in [-0.05, 0) is 18.1 Å². The molecule has 1 aliphatic heterocycles. The van der Waals surface area contributed by atoms with Crippen LogP contribution in [0.2, 0.25) is 0 Å². The molecule has 0 unspecified atom stereocenters. The summed E-state index contributed by atoms with van der Waals surface area (Å²) in [6.45, 7) is 0.0802. The second kappa shape index (κ2) is 4.28. The van der Waals surface area contributed by atoms with E-state index in [0.717, 1.165) is 5.56 Å². The molecule has 0 aromatic heterocycles. The van der Waals surface area contributed by atoms with Crippen LogP contribution in [0.15, 0.2) is 24.3 Å². The maximum atomic E-state index is 11.4. The molecule has 16 heavy (non-hydrogen) atoms. The van der Waals surface area contributed by atoms with E-state index < -0.39 is 11.7 Å². The van der Waals surface area contributed by atoms with E-state index >= 15 is 0 Å². The first-order valence-corrected chi connectivity index (χ1v) is 5.00. The molecular weight excluding hydrogens is 206 g/mol. The van der Waals surface area contributed by atoms with Gasteiger partial charge in [-0.1, -0.05) is 24.3 Å². The van der Waals surface area contributed by atoms with Gasteiger partial charge in [-0.15, -0.1) is 0 Å². The first-order chi connectivity index (χ1) is 7.74. The number of anilines is 1. The van der Waals surface area contributed by atoms with Crippen LogP contribution in [0.4, 0.5) is 5.69 Å². The van der Waals surface area contributed by atoms with E-state index in [4.69, 9.17) is 5.11 Å². The monoisotopic (exact) mass is 217 g/mol. The minimum absolute atomic E-state index is 0.0802. The predicted molar refractivity (Wildman–Crippen MR) is 60.1 cm³/mol. The molecule has 0 fully saturated rings. The molecule has 1 aromatic rings. The molecule has 82 valence electrons. The molecule has 0 saturated heterocycles. The van der Waals surface area contributed by atoms with Crippen LogP contribution in [0.1, 0.15) is 22.3 Å². The van der Waals surface area contributed by atoms with Crippen molar-refractivity contribution in [3.8, 4) is 0 Å². The van der Waals surface area contributed by atoms with Crippen LogP contribution in [-0.2, 0) is 4.79 Å². The van der Waals surface area contributed by atoms with Crippen molar-refractivity contribution in [2.45, 2.75) is 6.42 Å². The fraction of sp³-hybridized carbons (Fsp3) is 0.167. The van der Waals surface area contributed by atoms with Gasteiger partial charge in [0.1, 0.15) is 0 Å². The molecule has 1 aromatic carbocycles. The van der Waals surface area contributed by atoms with Crippen molar-refractivity contribution in [1.82, 2.24) is 0 Å². The lowest BCUT2D eigenvalue weighted by atomic mass is 10.1. The Morgan fingerprint density at radius 2 is 2.12 bits per heavy atom. The standard InChI is InChI=1S/C12H11NO3/c14-7-2-1-4-8-5-3-6-9-10(8)13-12(16)11(9)15/h1,3-6,14H,2,7H2,(H,13,15,16). The van der Waals surface area contributed by atoms with Crippen LogP contribution in [0.25, 0.3) is 6.08 Å². The highest BCUT2D eigenvalue weighted by Gasteiger charge is 2.28. The first kappa shape index (κ1) is 10.6. The van der Waals surface area contributed by atoms with Crippen LogP contribution in [0.5, 0.6) is 0 Å². The summed E-state index contributed by atoms with van der Waals surface area (Å²) in [6.07, 6.45) is 4.13. The third kappa shape index (κ3) is 1.75. The average molecular weight is 217 g/mol. The normalized spacial score (nSPS) is 14.3. The topological polar surface area (TPSA) is 66.4 Å². The lowest BCUT2D eigenvalue weighted by Crippen LogP contribution is -2.12. The Hall–Kier alpha value is -1.94. The van der Waals surface area contributed by atoms with Crippen LogP contribution in [-0.4, -0.2) is 23.4 Å². The molecule has 1 amide bonds. The van der Waals surface area contributed by atoms with Crippen molar-refractivity contribution < 1.29 is 14.7 Å². The van der Waals surface area contributed by atoms with Gasteiger partial charge in [0.2, 0.25) is 0 Å². The molecule has 4 heteroatoms. The second-order valence-electron chi connectivity index (χ2n) is 3.47. The smallest absolute Gasteiger partial charge is 0.296 e. The Morgan fingerprint density at radius 1 is 1.31 bits per heavy atom. The molecule has 0 bridgehead atoms. The molecule has 1 aliphatic rings. The van der Waals surface area contributed by atoms with Gasteiger partial charge in [0, 0.05) is 6.61 Å². The molecule has 0 aliphatic carbocycles. The van der Waals surface area contributed by atoms with E-state index in [-0.39, 0.29) is 6.61 Å². The number of fused-ring (bicyclic) bond motifs is 1. The summed E-state index contributed by atoms with van der Waals surface area (Å²) in [6, 6.07) is 5.17. The zero-order valence-corrected chi connectivity index (χ0v) is 8.56. The molecular formula is C12H11NO3. The number of aliphatic hydroxyl groups is 1. The second-order valence-corrected chi connectivity index (χ2v) is 3.47. The molecule has 2 N–H and O–H groups in total. The number of hydrogen-bond donors (Lipinski definition) is 2. The summed E-state index contributed by atoms with van der Waals surface area (Å²) < 4.78 is 0. The Kier molecular flexibility index (Phi) is 2.83. The third-order valence-corrected chi connectivity index (χ3v) is 2.38. The Labute approximate surface area is 92.6 Å². The third-order valence-electron chi connectivity index (χ3n) is 2.38. The van der Waals surface area contributed by atoms with E-state index in [0.29, 0.717) is 17.7 Å². The van der Waals surface area contributed by atoms with Gasteiger partial charge in [-0.3, -0.25) is 9.59 Å². The highest BCUT2D eigenvalue weighted by molar-refractivity contribution is 6.52. The van der Waals surface area contributed by atoms with Crippen LogP contribution in [0, 0.1) is 0 Å². The van der Waals surface area contributed by atoms with E-state index in [1.54, 1.807) is 24.3 Å². The lowest BCUT2D eigenvalue weighted by molar-refractivity contribution is -0.112. The Balaban J connectivity index is 2.36. The summed E-state index contributed by atoms with van der Waals surface area (Å²) in [5.41, 5.74) is 1.76. The largest absolute Gasteiger partial charge is 0.396 e. The maximum Gasteiger partial charge on any atom is 0.296 e. The van der Waals surface area contributed by atoms with E-state index in [1.807, 2.05) is 6.07 Å². The number of para-hydroxylation sites is 1. The first-order valence-electron chi connectivity index (χ1n) is 5.00. The minimum Gasteiger partial charge on any atom is -0.396 e. The van der Waals surface area contributed by atoms with Crippen molar-refractivity contribution in [2.75, 3.05) is 11.9 Å². The molecule has 4 nitrogen and oxygen atoms in total. The number of amides is 1. The maximum absolute atomic E-state index is 11.4. The van der Waals surface area contributed by atoms with Crippen molar-refractivity contribution in [3.05, 3.63) is 35.4 Å². The molecule has 0 spiro atoms. The fourth-order valence-electron chi connectivity index (χ4n) is 1.62. The summed E-state index contributed by atoms with van der Waals surface area (Å²) in [5, 5.41) is 11.2. The summed E-state index contributed by atoms with van der Waals surface area (Å²) >= 11 is 0. The molecule has 2 rings (SSSR count). The summed E-state index contributed by atoms with van der Waals surface area (Å²) in [4.78, 5) is 22.6. The Bertz CT molecular complexity index is 477. The van der Waals surface area contributed by atoms with Crippen LogP contribution >= 0.6 is 0 Å². The number of carbonyl (C=O) groups excluding carboxylic acids is 2. The van der Waals surface area contributed by atoms with E-state index in [1.165, 1.54) is 0 Å². The number of benzene rings is 1. The molecule has 0 saturated carbocycles. The number of hydrogen-bond acceptors (Lipinski definition) is 3. The zero-order valence-electron chi connectivity index (χ0n) is 8.56. The van der Waals surface area contributed by atoms with Crippen molar-refractivity contribution >= 4 is 23.5 Å². The van der Waals surface area contributed by atoms with E-state index in [2.05, 4.69) is 5.32 Å². The van der Waals surface area contributed by atoms with Gasteiger partial charge < -0.3 is 10.4 Å². The zero-order chi connectivity index (χ0) is 11.5. The van der Waals surface area contributed by atoms with Crippen molar-refractivity contribution in [2.24, 2.45) is 0 Å². The van der Waals surface area contributed by atoms with Gasteiger partial charge in [-0.2, -0.15) is 0 Å². The summed E-state index contributed by atoms with van der Waals surface area (Å²) in [7, 11) is 0. The quantitative estimate of drug-likeness (QED) is 0.748. The highest BCUT2D eigenvalue weighted by Crippen LogP contribution is 2.27. The van der Waals surface area contributed by atoms with Crippen LogP contribution < -0.4 is 5.32 Å². The van der Waals surface area contributed by atoms with Gasteiger partial charge in [0.15, 0.2) is 0 Å². The fourth-order valence-corrected chi connectivity index (χ4v) is 1.62. The van der Waals surface area contributed by atoms with Crippen LogP contribution in [0.3, 0.4) is 0 Å². The predicted octanol–water partition coefficient (Wildman–Crippen LogP) is 1.22. The Morgan fingerprint density at radius 3 is 2.88 bits per heavy atom. The lowest BCUT2D eigenvalue weighted by Gasteiger charge is -2.01. The van der Waals surface area contributed by atoms with Crippen molar-refractivity contribution in [3.63, 3.8) is 0 Å². The van der Waals surface area contributed by atoms with Gasteiger partial charge in [0.05, 0.1) is 11.3 Å². The molecule has 0 radical (unpaired) electrons. The number of nitrogens with one attached hydrogen (secondary N) is 1. The van der Waals surface area contributed by atoms with Gasteiger partial charge in [0.25, 0.3) is 11.7 Å². The van der Waals surface area contributed by atoms with E-state index in [9.17, 15) is 9.59 Å². The van der Waals surface area contributed by atoms with Gasteiger partial charge >= 0.3 is 0 Å². The SMILES string of the molecule is O=C1Nc2c(C=CCCO)cccc2C1=O. The average Bonchev–Trinajstić information content (AvgIpc) is 2.57. The molecule has 1 heterocycles. The number of rotatable bonds is 3. The number of aliphatic hydroxyl groups excluding tert-OH is 1. The minimum atomic E-state index is -0.585. The van der Waals surface area contributed by atoms with Crippen molar-refractivity contribution in [1.29, 1.82) is 0 Å². The number of Topliss-reactive ketones (excluding diaryl/α,β-unsaturated/α-hetero) is 1. The highest BCUT2D eigenvalue weighted by atomic mass is 16.2. The number of ketones is 1.